The molecule has 10 heteroatoms. The summed E-state index contributed by atoms with van der Waals surface area (Å²) in [5, 5.41) is 19.6. The molecule has 1 aliphatic rings. The smallest absolute Gasteiger partial charge is 0.338 e. The SMILES string of the molecule is COC(=O)c1cc(OC)cc(/C=C/C[C@@H]2OC(C)(C)O[C@@H]2C(/C=C\C[C@H](C)O)OCc2ccc(OC)cc2)c1C(=O)O. The fraction of sp³-hybridized carbons (Fsp3) is 0.438. The van der Waals surface area contributed by atoms with E-state index in [0.29, 0.717) is 25.2 Å². The molecule has 10 nitrogen and oxygen atoms in total. The Bertz CT molecular complexity index is 1260. The predicted octanol–water partition coefficient (Wildman–Crippen LogP) is 5.02. The normalized spacial score (nSPS) is 19.6. The van der Waals surface area contributed by atoms with Crippen molar-refractivity contribution in [3.63, 3.8) is 0 Å². The Hall–Kier alpha value is -3.70. The Balaban J connectivity index is 1.87. The van der Waals surface area contributed by atoms with Crippen LogP contribution in [0.5, 0.6) is 11.5 Å². The minimum Gasteiger partial charge on any atom is -0.497 e. The standard InChI is InChI=1S/C32H40O10/c1-20(33)9-7-11-26(40-19-21-13-15-23(37-4)16-14-21)29-27(41-32(2,3)42-29)12-8-10-22-17-24(38-5)18-25(31(36)39-6)28(22)30(34)35/h7-8,10-11,13-18,20,26-27,29,33H,9,12,19H2,1-6H3,(H,34,35)/b10-8+,11-7-/t20-,26?,27-,29+/m0/s1. The van der Waals surface area contributed by atoms with Gasteiger partial charge in [0.2, 0.25) is 0 Å². The number of hydrogen-bond acceptors (Lipinski definition) is 9. The first-order chi connectivity index (χ1) is 20.0. The molecule has 1 fully saturated rings. The van der Waals surface area contributed by atoms with E-state index in [0.717, 1.165) is 11.3 Å². The third kappa shape index (κ3) is 8.90. The lowest BCUT2D eigenvalue weighted by Gasteiger charge is -2.24. The second kappa shape index (κ2) is 15.0. The lowest BCUT2D eigenvalue weighted by Crippen LogP contribution is -2.36. The Kier molecular flexibility index (Phi) is 11.7. The van der Waals surface area contributed by atoms with Crippen molar-refractivity contribution in [2.24, 2.45) is 0 Å². The number of carboxylic acid groups (broad SMARTS) is 1. The maximum atomic E-state index is 12.3. The van der Waals surface area contributed by atoms with Crippen LogP contribution in [0.3, 0.4) is 0 Å². The molecule has 1 heterocycles. The molecule has 0 radical (unpaired) electrons. The predicted molar refractivity (Wildman–Crippen MR) is 156 cm³/mol. The number of ether oxygens (including phenoxy) is 6. The van der Waals surface area contributed by atoms with E-state index in [2.05, 4.69) is 0 Å². The fourth-order valence-electron chi connectivity index (χ4n) is 4.63. The van der Waals surface area contributed by atoms with Gasteiger partial charge in [0.25, 0.3) is 0 Å². The Morgan fingerprint density at radius 2 is 1.71 bits per heavy atom. The van der Waals surface area contributed by atoms with Crippen molar-refractivity contribution in [3.05, 3.63) is 76.9 Å². The van der Waals surface area contributed by atoms with Crippen molar-refractivity contribution in [2.45, 2.75) is 70.4 Å². The summed E-state index contributed by atoms with van der Waals surface area (Å²) in [5.41, 5.74) is 0.918. The zero-order valence-corrected chi connectivity index (χ0v) is 24.9. The van der Waals surface area contributed by atoms with Gasteiger partial charge in [-0.15, -0.1) is 0 Å². The van der Waals surface area contributed by atoms with E-state index in [1.807, 2.05) is 50.3 Å². The average Bonchev–Trinajstić information content (AvgIpc) is 3.27. The van der Waals surface area contributed by atoms with Crippen LogP contribution in [0.1, 0.15) is 65.5 Å². The van der Waals surface area contributed by atoms with Gasteiger partial charge >= 0.3 is 11.9 Å². The van der Waals surface area contributed by atoms with Crippen LogP contribution in [0.2, 0.25) is 0 Å². The summed E-state index contributed by atoms with van der Waals surface area (Å²) in [4.78, 5) is 24.4. The number of aliphatic hydroxyl groups excluding tert-OH is 1. The molecule has 1 saturated heterocycles. The van der Waals surface area contributed by atoms with E-state index in [1.165, 1.54) is 20.3 Å². The molecule has 2 N–H and O–H groups in total. The van der Waals surface area contributed by atoms with Crippen molar-refractivity contribution >= 4 is 18.0 Å². The second-order valence-electron chi connectivity index (χ2n) is 10.3. The number of hydrogen-bond donors (Lipinski definition) is 2. The van der Waals surface area contributed by atoms with Crippen LogP contribution in [-0.4, -0.2) is 73.7 Å². The first kappa shape index (κ1) is 32.8. The van der Waals surface area contributed by atoms with Crippen molar-refractivity contribution in [3.8, 4) is 11.5 Å². The molecule has 0 aliphatic carbocycles. The molecule has 1 aliphatic heterocycles. The van der Waals surface area contributed by atoms with Crippen LogP contribution in [0.25, 0.3) is 6.08 Å². The van der Waals surface area contributed by atoms with E-state index in [9.17, 15) is 19.8 Å². The minimum absolute atomic E-state index is 0.112. The van der Waals surface area contributed by atoms with Crippen LogP contribution < -0.4 is 9.47 Å². The first-order valence-electron chi connectivity index (χ1n) is 13.6. The number of methoxy groups -OCH3 is 3. The Labute approximate surface area is 246 Å². The number of rotatable bonds is 14. The number of carboxylic acids is 1. The molecule has 0 spiro atoms. The number of aliphatic hydroxyl groups is 1. The van der Waals surface area contributed by atoms with Gasteiger partial charge in [-0.05, 0) is 69.0 Å². The van der Waals surface area contributed by atoms with Crippen molar-refractivity contribution in [1.29, 1.82) is 0 Å². The highest BCUT2D eigenvalue weighted by molar-refractivity contribution is 6.05. The van der Waals surface area contributed by atoms with E-state index in [4.69, 9.17) is 28.4 Å². The van der Waals surface area contributed by atoms with Gasteiger partial charge < -0.3 is 38.6 Å². The summed E-state index contributed by atoms with van der Waals surface area (Å²) >= 11 is 0. The molecule has 0 aromatic heterocycles. The van der Waals surface area contributed by atoms with Crippen LogP contribution >= 0.6 is 0 Å². The third-order valence-corrected chi connectivity index (χ3v) is 6.61. The zero-order valence-electron chi connectivity index (χ0n) is 24.9. The highest BCUT2D eigenvalue weighted by Gasteiger charge is 2.44. The van der Waals surface area contributed by atoms with Gasteiger partial charge in [0.1, 0.15) is 23.7 Å². The molecule has 42 heavy (non-hydrogen) atoms. The molecular weight excluding hydrogens is 544 g/mol. The Morgan fingerprint density at radius 1 is 1.02 bits per heavy atom. The summed E-state index contributed by atoms with van der Waals surface area (Å²) < 4.78 is 34.1. The summed E-state index contributed by atoms with van der Waals surface area (Å²) in [6, 6.07) is 10.4. The van der Waals surface area contributed by atoms with Gasteiger partial charge in [0.05, 0.1) is 51.3 Å². The maximum absolute atomic E-state index is 12.3. The largest absolute Gasteiger partial charge is 0.497 e. The zero-order chi connectivity index (χ0) is 30.9. The van der Waals surface area contributed by atoms with Gasteiger partial charge in [-0.25, -0.2) is 9.59 Å². The van der Waals surface area contributed by atoms with E-state index < -0.39 is 42.1 Å². The number of carbonyl (C=O) groups is 2. The Morgan fingerprint density at radius 3 is 2.31 bits per heavy atom. The lowest BCUT2D eigenvalue weighted by atomic mass is 9.98. The molecule has 1 unspecified atom stereocenters. The van der Waals surface area contributed by atoms with Crippen LogP contribution in [0.4, 0.5) is 0 Å². The maximum Gasteiger partial charge on any atom is 0.338 e. The van der Waals surface area contributed by atoms with Gasteiger partial charge in [-0.3, -0.25) is 0 Å². The van der Waals surface area contributed by atoms with Crippen LogP contribution in [0.15, 0.2) is 54.6 Å². The highest BCUT2D eigenvalue weighted by Crippen LogP contribution is 2.34. The first-order valence-corrected chi connectivity index (χ1v) is 13.6. The molecule has 2 aromatic rings. The molecule has 0 amide bonds. The van der Waals surface area contributed by atoms with E-state index in [1.54, 1.807) is 32.3 Å². The average molecular weight is 585 g/mol. The molecular formula is C32H40O10. The molecule has 0 saturated carbocycles. The minimum atomic E-state index is -1.27. The lowest BCUT2D eigenvalue weighted by molar-refractivity contribution is -0.156. The molecule has 2 aromatic carbocycles. The topological polar surface area (TPSA) is 130 Å². The summed E-state index contributed by atoms with van der Waals surface area (Å²) in [6.45, 7) is 5.64. The number of esters is 1. The summed E-state index contributed by atoms with van der Waals surface area (Å²) in [6.07, 6.45) is 5.92. The van der Waals surface area contributed by atoms with Gasteiger partial charge in [-0.2, -0.15) is 0 Å². The summed E-state index contributed by atoms with van der Waals surface area (Å²) in [5.74, 6) is -1.89. The quantitative estimate of drug-likeness (QED) is 0.230. The number of benzene rings is 2. The monoisotopic (exact) mass is 584 g/mol. The second-order valence-corrected chi connectivity index (χ2v) is 10.3. The molecule has 4 atom stereocenters. The van der Waals surface area contributed by atoms with E-state index >= 15 is 0 Å². The highest BCUT2D eigenvalue weighted by atomic mass is 16.8. The van der Waals surface area contributed by atoms with Gasteiger partial charge in [-0.1, -0.05) is 36.4 Å². The molecule has 0 bridgehead atoms. The van der Waals surface area contributed by atoms with E-state index in [-0.39, 0.29) is 16.7 Å². The fourth-order valence-corrected chi connectivity index (χ4v) is 4.63. The van der Waals surface area contributed by atoms with Gasteiger partial charge in [0, 0.05) is 0 Å². The van der Waals surface area contributed by atoms with Crippen molar-refractivity contribution in [1.82, 2.24) is 0 Å². The molecule has 3 rings (SSSR count). The van der Waals surface area contributed by atoms with Crippen LogP contribution in [-0.2, 0) is 25.6 Å². The van der Waals surface area contributed by atoms with Crippen molar-refractivity contribution < 1.29 is 48.2 Å². The third-order valence-electron chi connectivity index (χ3n) is 6.61. The summed E-state index contributed by atoms with van der Waals surface area (Å²) in [7, 11) is 4.22. The van der Waals surface area contributed by atoms with Crippen LogP contribution in [0, 0.1) is 0 Å². The number of aromatic carboxylic acids is 1. The molecule has 228 valence electrons. The number of carbonyl (C=O) groups excluding carboxylic acids is 1. The van der Waals surface area contributed by atoms with Crippen molar-refractivity contribution in [2.75, 3.05) is 21.3 Å². The van der Waals surface area contributed by atoms with Gasteiger partial charge in [0.15, 0.2) is 5.79 Å².